The Balaban J connectivity index is 1.58. The van der Waals surface area contributed by atoms with Crippen molar-refractivity contribution in [1.29, 1.82) is 0 Å². The molecule has 2 unspecified atom stereocenters. The quantitative estimate of drug-likeness (QED) is 0.689. The Bertz CT molecular complexity index is 727. The third-order valence-corrected chi connectivity index (χ3v) is 4.27. The third kappa shape index (κ3) is 3.80. The van der Waals surface area contributed by atoms with Crippen molar-refractivity contribution >= 4 is 22.9 Å². The Morgan fingerprint density at radius 3 is 3.00 bits per heavy atom. The van der Waals surface area contributed by atoms with Crippen LogP contribution in [-0.4, -0.2) is 59.5 Å². The molecule has 25 heavy (non-hydrogen) atoms. The second kappa shape index (κ2) is 7.62. The number of carbonyl (C=O) groups excluding carboxylic acids is 2. The lowest BCUT2D eigenvalue weighted by Gasteiger charge is -2.24. The number of aromatic nitrogens is 1. The predicted octanol–water partition coefficient (Wildman–Crippen LogP) is 0.188. The Morgan fingerprint density at radius 2 is 2.24 bits per heavy atom. The maximum atomic E-state index is 12.4. The van der Waals surface area contributed by atoms with Gasteiger partial charge in [-0.25, -0.2) is 4.98 Å². The summed E-state index contributed by atoms with van der Waals surface area (Å²) in [6.07, 6.45) is 0.376. The normalized spacial score (nSPS) is 18.5. The monoisotopic (exact) mass is 346 g/mol. The van der Waals surface area contributed by atoms with Crippen LogP contribution in [0.25, 0.3) is 11.1 Å². The zero-order chi connectivity index (χ0) is 17.8. The summed E-state index contributed by atoms with van der Waals surface area (Å²) in [7, 11) is 1.69. The fourth-order valence-corrected chi connectivity index (χ4v) is 3.03. The van der Waals surface area contributed by atoms with Gasteiger partial charge >= 0.3 is 0 Å². The maximum absolute atomic E-state index is 12.4. The molecule has 1 aliphatic rings. The number of para-hydroxylation sites is 2. The number of benzene rings is 1. The minimum atomic E-state index is -1.04. The van der Waals surface area contributed by atoms with Crippen molar-refractivity contribution in [2.24, 2.45) is 0 Å². The molecule has 3 N–H and O–H groups in total. The number of aliphatic hydroxyl groups excluding tert-OH is 1. The minimum absolute atomic E-state index is 0.0176. The van der Waals surface area contributed by atoms with E-state index < -0.39 is 12.1 Å². The average Bonchev–Trinajstić information content (AvgIpc) is 3.26. The molecule has 1 aromatic heterocycles. The second-order valence-corrected chi connectivity index (χ2v) is 6.06. The van der Waals surface area contributed by atoms with E-state index >= 15 is 0 Å². The van der Waals surface area contributed by atoms with Crippen molar-refractivity contribution in [3.63, 3.8) is 0 Å². The van der Waals surface area contributed by atoms with Gasteiger partial charge in [-0.05, 0) is 32.0 Å². The molecule has 2 heterocycles. The van der Waals surface area contributed by atoms with E-state index in [9.17, 15) is 14.7 Å². The Morgan fingerprint density at radius 1 is 1.44 bits per heavy atom. The molecule has 0 spiro atoms. The number of oxazole rings is 1. The largest absolute Gasteiger partial charge is 0.438 e. The van der Waals surface area contributed by atoms with E-state index in [1.54, 1.807) is 24.1 Å². The summed E-state index contributed by atoms with van der Waals surface area (Å²) in [5.41, 5.74) is 1.24. The lowest BCUT2D eigenvalue weighted by molar-refractivity contribution is -0.137. The topological polar surface area (TPSA) is 108 Å². The molecule has 1 aromatic carbocycles. The van der Waals surface area contributed by atoms with E-state index in [0.29, 0.717) is 24.1 Å². The van der Waals surface area contributed by atoms with Crippen LogP contribution in [0, 0.1) is 0 Å². The molecule has 2 amide bonds. The van der Waals surface area contributed by atoms with E-state index in [-0.39, 0.29) is 30.8 Å². The molecule has 8 heteroatoms. The summed E-state index contributed by atoms with van der Waals surface area (Å²) in [5, 5.41) is 15.7. The van der Waals surface area contributed by atoms with E-state index in [1.165, 1.54) is 0 Å². The fraction of sp³-hybridized carbons (Fsp3) is 0.471. The van der Waals surface area contributed by atoms with E-state index in [4.69, 9.17) is 4.42 Å². The van der Waals surface area contributed by atoms with E-state index in [0.717, 1.165) is 6.42 Å². The van der Waals surface area contributed by atoms with Crippen molar-refractivity contribution in [3.8, 4) is 0 Å². The van der Waals surface area contributed by atoms with Gasteiger partial charge in [0.15, 0.2) is 5.58 Å². The van der Waals surface area contributed by atoms with Crippen molar-refractivity contribution in [3.05, 3.63) is 30.2 Å². The molecular formula is C17H22N4O4. The predicted molar refractivity (Wildman–Crippen MR) is 90.6 cm³/mol. The van der Waals surface area contributed by atoms with Crippen LogP contribution in [0.5, 0.6) is 0 Å². The van der Waals surface area contributed by atoms with Crippen molar-refractivity contribution in [2.45, 2.75) is 25.0 Å². The number of carbonyl (C=O) groups is 2. The lowest BCUT2D eigenvalue weighted by Crippen LogP contribution is -2.48. The van der Waals surface area contributed by atoms with Crippen LogP contribution in [0.1, 0.15) is 24.8 Å². The summed E-state index contributed by atoms with van der Waals surface area (Å²) < 4.78 is 5.49. The first-order valence-corrected chi connectivity index (χ1v) is 8.35. The first-order chi connectivity index (χ1) is 12.1. The van der Waals surface area contributed by atoms with Crippen LogP contribution >= 0.6 is 0 Å². The zero-order valence-corrected chi connectivity index (χ0v) is 14.1. The molecule has 0 aliphatic carbocycles. The van der Waals surface area contributed by atoms with E-state index in [2.05, 4.69) is 15.6 Å². The summed E-state index contributed by atoms with van der Waals surface area (Å²) in [4.78, 5) is 30.2. The Labute approximate surface area is 145 Å². The number of rotatable bonds is 6. The first kappa shape index (κ1) is 17.4. The van der Waals surface area contributed by atoms with Gasteiger partial charge < -0.3 is 25.1 Å². The molecule has 1 saturated heterocycles. The summed E-state index contributed by atoms with van der Waals surface area (Å²) in [6, 6.07) is 6.72. The van der Waals surface area contributed by atoms with E-state index in [1.807, 2.05) is 12.1 Å². The SMILES string of the molecule is CNCC(=O)N1CCCC1C(=O)NCC(O)c1nc2ccccc2o1. The molecule has 1 fully saturated rings. The number of nitrogens with zero attached hydrogens (tertiary/aromatic N) is 2. The van der Waals surface area contributed by atoms with Crippen LogP contribution in [0.3, 0.4) is 0 Å². The van der Waals surface area contributed by atoms with Crippen LogP contribution in [0.4, 0.5) is 0 Å². The number of fused-ring (bicyclic) bond motifs is 1. The summed E-state index contributed by atoms with van der Waals surface area (Å²) in [5.74, 6) is -0.201. The van der Waals surface area contributed by atoms with Gasteiger partial charge in [-0.1, -0.05) is 12.1 Å². The Kier molecular flexibility index (Phi) is 5.30. The molecule has 0 saturated carbocycles. The smallest absolute Gasteiger partial charge is 0.242 e. The standard InChI is InChI=1S/C17H22N4O4/c1-18-10-15(23)21-8-4-6-12(21)16(24)19-9-13(22)17-20-11-5-2-3-7-14(11)25-17/h2-3,5,7,12-13,18,22H,4,6,8-10H2,1H3,(H,19,24). The molecule has 3 rings (SSSR count). The molecule has 8 nitrogen and oxygen atoms in total. The zero-order valence-electron chi connectivity index (χ0n) is 14.1. The number of likely N-dealkylation sites (tertiary alicyclic amines) is 1. The number of likely N-dealkylation sites (N-methyl/N-ethyl adjacent to an activating group) is 1. The van der Waals surface area contributed by atoms with Gasteiger partial charge in [0.25, 0.3) is 0 Å². The summed E-state index contributed by atoms with van der Waals surface area (Å²) in [6.45, 7) is 0.762. The molecule has 1 aliphatic heterocycles. The number of nitrogens with one attached hydrogen (secondary N) is 2. The fourth-order valence-electron chi connectivity index (χ4n) is 3.03. The molecule has 0 bridgehead atoms. The maximum Gasteiger partial charge on any atom is 0.242 e. The van der Waals surface area contributed by atoms with Crippen LogP contribution in [0.15, 0.2) is 28.7 Å². The van der Waals surface area contributed by atoms with Gasteiger partial charge in [0.2, 0.25) is 17.7 Å². The van der Waals surface area contributed by atoms with Gasteiger partial charge in [0, 0.05) is 6.54 Å². The van der Waals surface area contributed by atoms with Crippen LogP contribution in [-0.2, 0) is 9.59 Å². The molecule has 0 radical (unpaired) electrons. The lowest BCUT2D eigenvalue weighted by atomic mass is 10.2. The second-order valence-electron chi connectivity index (χ2n) is 6.06. The highest BCUT2D eigenvalue weighted by Gasteiger charge is 2.33. The van der Waals surface area contributed by atoms with Crippen LogP contribution in [0.2, 0.25) is 0 Å². The van der Waals surface area contributed by atoms with Gasteiger partial charge in [-0.15, -0.1) is 0 Å². The van der Waals surface area contributed by atoms with Gasteiger partial charge in [0.1, 0.15) is 17.7 Å². The molecule has 134 valence electrons. The van der Waals surface area contributed by atoms with Crippen molar-refractivity contribution in [1.82, 2.24) is 20.5 Å². The highest BCUT2D eigenvalue weighted by molar-refractivity contribution is 5.89. The summed E-state index contributed by atoms with van der Waals surface area (Å²) >= 11 is 0. The van der Waals surface area contributed by atoms with Crippen molar-refractivity contribution in [2.75, 3.05) is 26.7 Å². The van der Waals surface area contributed by atoms with Gasteiger partial charge in [-0.3, -0.25) is 9.59 Å². The first-order valence-electron chi connectivity index (χ1n) is 8.35. The number of hydrogen-bond acceptors (Lipinski definition) is 6. The van der Waals surface area contributed by atoms with Gasteiger partial charge in [0.05, 0.1) is 13.1 Å². The third-order valence-electron chi connectivity index (χ3n) is 4.27. The number of amides is 2. The Hall–Kier alpha value is -2.45. The van der Waals surface area contributed by atoms with Crippen molar-refractivity contribution < 1.29 is 19.1 Å². The molecule has 2 atom stereocenters. The number of hydrogen-bond donors (Lipinski definition) is 3. The average molecular weight is 346 g/mol. The molecule has 2 aromatic rings. The number of aliphatic hydroxyl groups is 1. The highest BCUT2D eigenvalue weighted by atomic mass is 16.4. The molecular weight excluding hydrogens is 324 g/mol. The highest BCUT2D eigenvalue weighted by Crippen LogP contribution is 2.20. The van der Waals surface area contributed by atoms with Crippen LogP contribution < -0.4 is 10.6 Å². The minimum Gasteiger partial charge on any atom is -0.438 e. The van der Waals surface area contributed by atoms with Gasteiger partial charge in [-0.2, -0.15) is 0 Å².